The van der Waals surface area contributed by atoms with Crippen LogP contribution in [0.25, 0.3) is 16.0 Å². The largest absolute Gasteiger partial charge is 0.353 e. The predicted molar refractivity (Wildman–Crippen MR) is 94.7 cm³/mol. The van der Waals surface area contributed by atoms with Crippen LogP contribution in [0.4, 0.5) is 5.82 Å². The van der Waals surface area contributed by atoms with E-state index < -0.39 is 0 Å². The first-order valence-electron chi connectivity index (χ1n) is 8.70. The molecular formula is C16H21N7S. The summed E-state index contributed by atoms with van der Waals surface area (Å²) in [4.78, 5) is 12.3. The van der Waals surface area contributed by atoms with Gasteiger partial charge >= 0.3 is 0 Å². The Labute approximate surface area is 144 Å². The number of hydrogen-bond donors (Lipinski definition) is 0. The fourth-order valence-electron chi connectivity index (χ4n) is 4.05. The molecule has 0 spiro atoms. The first kappa shape index (κ1) is 14.5. The van der Waals surface area contributed by atoms with Crippen LogP contribution < -0.4 is 4.90 Å². The molecule has 5 rings (SSSR count). The topological polar surface area (TPSA) is 62.5 Å². The second kappa shape index (κ2) is 5.35. The molecule has 5 heterocycles. The standard InChI is InChI=1S/C16H21N7S/c1-10-5-3-4-7-22(10)14-13-11-6-8-21(2)9-12(11)24-15(13)23-16(17-14)18-19-20-23/h10H,3-9H2,1-2H3/t10-/m1/s1. The number of rotatable bonds is 1. The van der Waals surface area contributed by atoms with Crippen LogP contribution in [-0.4, -0.2) is 56.1 Å². The maximum atomic E-state index is 4.88. The number of likely N-dealkylation sites (N-methyl/N-ethyl adjacent to an activating group) is 1. The number of anilines is 1. The Morgan fingerprint density at radius 2 is 2.12 bits per heavy atom. The smallest absolute Gasteiger partial charge is 0.276 e. The van der Waals surface area contributed by atoms with E-state index in [2.05, 4.69) is 39.3 Å². The van der Waals surface area contributed by atoms with Gasteiger partial charge in [-0.15, -0.1) is 11.3 Å². The highest BCUT2D eigenvalue weighted by molar-refractivity contribution is 7.19. The first-order chi connectivity index (χ1) is 11.7. The Balaban J connectivity index is 1.80. The van der Waals surface area contributed by atoms with Gasteiger partial charge < -0.3 is 9.80 Å². The number of nitrogens with zero attached hydrogens (tertiary/aromatic N) is 7. The van der Waals surface area contributed by atoms with Gasteiger partial charge in [0.15, 0.2) is 0 Å². The highest BCUT2D eigenvalue weighted by atomic mass is 32.1. The molecular weight excluding hydrogens is 322 g/mol. The molecule has 8 heteroatoms. The summed E-state index contributed by atoms with van der Waals surface area (Å²) in [7, 11) is 2.19. The lowest BCUT2D eigenvalue weighted by Gasteiger charge is -2.35. The summed E-state index contributed by atoms with van der Waals surface area (Å²) < 4.78 is 1.82. The van der Waals surface area contributed by atoms with Gasteiger partial charge in [-0.2, -0.15) is 9.50 Å². The summed E-state index contributed by atoms with van der Waals surface area (Å²) in [6.45, 7) is 5.49. The van der Waals surface area contributed by atoms with Crippen molar-refractivity contribution >= 4 is 33.1 Å². The van der Waals surface area contributed by atoms with Crippen LogP contribution in [0.3, 0.4) is 0 Å². The summed E-state index contributed by atoms with van der Waals surface area (Å²) in [5.74, 6) is 1.71. The lowest BCUT2D eigenvalue weighted by atomic mass is 10.0. The SMILES string of the molecule is C[C@@H]1CCCCN1c1nc2nnnn2c2sc3c(c12)CCN(C)C3. The van der Waals surface area contributed by atoms with E-state index >= 15 is 0 Å². The van der Waals surface area contributed by atoms with Gasteiger partial charge in [-0.3, -0.25) is 0 Å². The highest BCUT2D eigenvalue weighted by Crippen LogP contribution is 2.40. The van der Waals surface area contributed by atoms with Crippen molar-refractivity contribution in [2.75, 3.05) is 25.0 Å². The van der Waals surface area contributed by atoms with E-state index in [0.29, 0.717) is 11.8 Å². The average molecular weight is 343 g/mol. The van der Waals surface area contributed by atoms with E-state index in [-0.39, 0.29) is 0 Å². The van der Waals surface area contributed by atoms with Gasteiger partial charge in [0.05, 0.1) is 5.39 Å². The second-order valence-corrected chi connectivity index (χ2v) is 8.12. The molecule has 1 fully saturated rings. The van der Waals surface area contributed by atoms with Crippen LogP contribution in [0.5, 0.6) is 0 Å². The Bertz CT molecular complexity index is 914. The van der Waals surface area contributed by atoms with Crippen LogP contribution in [0.2, 0.25) is 0 Å². The zero-order valence-electron chi connectivity index (χ0n) is 14.1. The van der Waals surface area contributed by atoms with Crippen molar-refractivity contribution in [1.29, 1.82) is 0 Å². The zero-order valence-corrected chi connectivity index (χ0v) is 14.9. The lowest BCUT2D eigenvalue weighted by molar-refractivity contribution is 0.318. The fourth-order valence-corrected chi connectivity index (χ4v) is 5.42. The van der Waals surface area contributed by atoms with E-state index in [4.69, 9.17) is 4.98 Å². The predicted octanol–water partition coefficient (Wildman–Crippen LogP) is 2.10. The van der Waals surface area contributed by atoms with Crippen LogP contribution in [0.1, 0.15) is 36.6 Å². The van der Waals surface area contributed by atoms with Crippen LogP contribution in [0.15, 0.2) is 0 Å². The first-order valence-corrected chi connectivity index (χ1v) is 9.51. The maximum absolute atomic E-state index is 4.88. The molecule has 0 N–H and O–H groups in total. The summed E-state index contributed by atoms with van der Waals surface area (Å²) in [5.41, 5.74) is 1.46. The molecule has 1 atom stereocenters. The number of tetrazole rings is 1. The normalized spacial score (nSPS) is 22.4. The van der Waals surface area contributed by atoms with E-state index in [9.17, 15) is 0 Å². The molecule has 1 saturated heterocycles. The van der Waals surface area contributed by atoms with Gasteiger partial charge in [-0.05, 0) is 55.6 Å². The molecule has 0 saturated carbocycles. The molecule has 0 amide bonds. The van der Waals surface area contributed by atoms with Crippen molar-refractivity contribution in [1.82, 2.24) is 29.9 Å². The van der Waals surface area contributed by atoms with Crippen molar-refractivity contribution in [2.24, 2.45) is 0 Å². The van der Waals surface area contributed by atoms with Crippen molar-refractivity contribution in [3.63, 3.8) is 0 Å². The highest BCUT2D eigenvalue weighted by Gasteiger charge is 2.29. The number of hydrogen-bond acceptors (Lipinski definition) is 7. The molecule has 0 bridgehead atoms. The molecule has 2 aliphatic heterocycles. The average Bonchev–Trinajstić information content (AvgIpc) is 3.17. The minimum absolute atomic E-state index is 0.523. The van der Waals surface area contributed by atoms with Gasteiger partial charge in [0, 0.05) is 30.6 Å². The minimum atomic E-state index is 0.523. The van der Waals surface area contributed by atoms with Crippen molar-refractivity contribution in [3.8, 4) is 0 Å². The fraction of sp³-hybridized carbons (Fsp3) is 0.625. The number of aromatic nitrogens is 5. The molecule has 24 heavy (non-hydrogen) atoms. The minimum Gasteiger partial charge on any atom is -0.353 e. The Hall–Kier alpha value is -1.80. The van der Waals surface area contributed by atoms with Crippen LogP contribution in [0, 0.1) is 0 Å². The third-order valence-electron chi connectivity index (χ3n) is 5.38. The summed E-state index contributed by atoms with van der Waals surface area (Å²) >= 11 is 1.83. The van der Waals surface area contributed by atoms with Crippen molar-refractivity contribution in [3.05, 3.63) is 10.4 Å². The maximum Gasteiger partial charge on any atom is 0.276 e. The van der Waals surface area contributed by atoms with Gasteiger partial charge in [0.25, 0.3) is 5.78 Å². The molecule has 2 aliphatic rings. The van der Waals surface area contributed by atoms with E-state index in [1.54, 1.807) is 0 Å². The molecule has 0 aliphatic carbocycles. The second-order valence-electron chi connectivity index (χ2n) is 7.04. The number of thiophene rings is 1. The Kier molecular flexibility index (Phi) is 3.24. The Morgan fingerprint density at radius 1 is 1.21 bits per heavy atom. The van der Waals surface area contributed by atoms with Crippen LogP contribution >= 0.6 is 11.3 Å². The molecule has 0 aromatic carbocycles. The third kappa shape index (κ3) is 2.05. The molecule has 0 unspecified atom stereocenters. The molecule has 0 radical (unpaired) electrons. The summed E-state index contributed by atoms with van der Waals surface area (Å²) in [6.07, 6.45) is 4.85. The van der Waals surface area contributed by atoms with Crippen LogP contribution in [-0.2, 0) is 13.0 Å². The summed E-state index contributed by atoms with van der Waals surface area (Å²) in [5, 5.41) is 13.5. The monoisotopic (exact) mass is 343 g/mol. The number of piperidine rings is 1. The van der Waals surface area contributed by atoms with E-state index in [1.165, 1.54) is 35.1 Å². The quantitative estimate of drug-likeness (QED) is 0.674. The lowest BCUT2D eigenvalue weighted by Crippen LogP contribution is -2.38. The molecule has 126 valence electrons. The van der Waals surface area contributed by atoms with Gasteiger partial charge in [0.1, 0.15) is 10.6 Å². The van der Waals surface area contributed by atoms with Crippen molar-refractivity contribution < 1.29 is 0 Å². The van der Waals surface area contributed by atoms with Crippen molar-refractivity contribution in [2.45, 2.75) is 45.2 Å². The van der Waals surface area contributed by atoms with Gasteiger partial charge in [-0.25, -0.2) is 0 Å². The third-order valence-corrected chi connectivity index (χ3v) is 6.57. The van der Waals surface area contributed by atoms with E-state index in [0.717, 1.165) is 36.7 Å². The van der Waals surface area contributed by atoms with Gasteiger partial charge in [0.2, 0.25) is 0 Å². The van der Waals surface area contributed by atoms with Gasteiger partial charge in [-0.1, -0.05) is 5.10 Å². The molecule has 3 aromatic rings. The zero-order chi connectivity index (χ0) is 16.3. The Morgan fingerprint density at radius 3 is 3.00 bits per heavy atom. The molecule has 7 nitrogen and oxygen atoms in total. The number of fused-ring (bicyclic) bond motifs is 5. The summed E-state index contributed by atoms with van der Waals surface area (Å²) in [6, 6.07) is 0.523. The van der Waals surface area contributed by atoms with E-state index in [1.807, 2.05) is 15.9 Å². The molecule has 3 aromatic heterocycles.